The zero-order valence-electron chi connectivity index (χ0n) is 10.1. The standard InChI is InChI=1S/C13H17N3O2/c14-11-9-3-6-18-13(9)12(11)16-10(17)7-8-1-4-15-5-2-8/h1-2,4-5,9,11-13H,3,6-7,14H2,(H,16,17). The van der Waals surface area contributed by atoms with Gasteiger partial charge in [0.05, 0.1) is 18.6 Å². The van der Waals surface area contributed by atoms with Crippen LogP contribution in [0.1, 0.15) is 12.0 Å². The number of nitrogens with zero attached hydrogens (tertiary/aromatic N) is 1. The molecule has 2 fully saturated rings. The molecule has 3 rings (SSSR count). The minimum absolute atomic E-state index is 0.00407. The van der Waals surface area contributed by atoms with E-state index in [1.54, 1.807) is 12.4 Å². The summed E-state index contributed by atoms with van der Waals surface area (Å²) in [5.74, 6) is 0.423. The first-order valence-corrected chi connectivity index (χ1v) is 6.31. The number of carbonyl (C=O) groups excluding carboxylic acids is 1. The van der Waals surface area contributed by atoms with E-state index in [0.717, 1.165) is 18.6 Å². The SMILES string of the molecule is NC1C2CCOC2C1NC(=O)Cc1ccncc1. The van der Waals surface area contributed by atoms with Gasteiger partial charge in [-0.15, -0.1) is 0 Å². The minimum atomic E-state index is -0.0214. The first-order valence-electron chi connectivity index (χ1n) is 6.31. The highest BCUT2D eigenvalue weighted by molar-refractivity contribution is 5.79. The van der Waals surface area contributed by atoms with Gasteiger partial charge in [0.15, 0.2) is 0 Å². The predicted octanol–water partition coefficient (Wildman–Crippen LogP) is -0.145. The molecule has 0 aromatic carbocycles. The second-order valence-electron chi connectivity index (χ2n) is 4.99. The quantitative estimate of drug-likeness (QED) is 0.779. The van der Waals surface area contributed by atoms with Crippen molar-refractivity contribution in [3.63, 3.8) is 0 Å². The van der Waals surface area contributed by atoms with Crippen molar-refractivity contribution in [2.24, 2.45) is 11.7 Å². The summed E-state index contributed by atoms with van der Waals surface area (Å²) >= 11 is 0. The molecule has 3 N–H and O–H groups in total. The van der Waals surface area contributed by atoms with Crippen LogP contribution in [0.4, 0.5) is 0 Å². The Balaban J connectivity index is 1.56. The Morgan fingerprint density at radius 1 is 1.50 bits per heavy atom. The molecule has 1 aromatic rings. The van der Waals surface area contributed by atoms with Crippen LogP contribution < -0.4 is 11.1 Å². The molecule has 1 aromatic heterocycles. The molecule has 5 heteroatoms. The number of pyridine rings is 1. The van der Waals surface area contributed by atoms with Crippen LogP contribution in [-0.4, -0.2) is 35.7 Å². The Labute approximate surface area is 106 Å². The smallest absolute Gasteiger partial charge is 0.224 e. The maximum atomic E-state index is 11.9. The molecule has 1 saturated heterocycles. The zero-order chi connectivity index (χ0) is 12.5. The van der Waals surface area contributed by atoms with Crippen molar-refractivity contribution in [1.82, 2.24) is 10.3 Å². The number of fused-ring (bicyclic) bond motifs is 1. The van der Waals surface area contributed by atoms with Crippen LogP contribution >= 0.6 is 0 Å². The summed E-state index contributed by atoms with van der Waals surface area (Å²) < 4.78 is 5.58. The van der Waals surface area contributed by atoms with E-state index in [0.29, 0.717) is 12.3 Å². The van der Waals surface area contributed by atoms with Gasteiger partial charge in [0.25, 0.3) is 0 Å². The van der Waals surface area contributed by atoms with Crippen LogP contribution in [0, 0.1) is 5.92 Å². The Kier molecular flexibility index (Phi) is 3.01. The zero-order valence-corrected chi connectivity index (χ0v) is 10.1. The summed E-state index contributed by atoms with van der Waals surface area (Å²) in [7, 11) is 0. The lowest BCUT2D eigenvalue weighted by molar-refractivity contribution is -0.125. The maximum Gasteiger partial charge on any atom is 0.224 e. The summed E-state index contributed by atoms with van der Waals surface area (Å²) in [6, 6.07) is 3.70. The molecule has 0 radical (unpaired) electrons. The van der Waals surface area contributed by atoms with E-state index in [9.17, 15) is 4.79 Å². The molecule has 96 valence electrons. The molecule has 1 aliphatic heterocycles. The van der Waals surface area contributed by atoms with E-state index >= 15 is 0 Å². The Bertz CT molecular complexity index is 437. The van der Waals surface area contributed by atoms with Crippen LogP contribution in [0.2, 0.25) is 0 Å². The van der Waals surface area contributed by atoms with E-state index in [2.05, 4.69) is 10.3 Å². The predicted molar refractivity (Wildman–Crippen MR) is 65.7 cm³/mol. The molecule has 2 aliphatic rings. The largest absolute Gasteiger partial charge is 0.376 e. The van der Waals surface area contributed by atoms with Crippen molar-refractivity contribution in [3.8, 4) is 0 Å². The molecule has 4 atom stereocenters. The summed E-state index contributed by atoms with van der Waals surface area (Å²) in [5, 5.41) is 2.98. The molecule has 4 unspecified atom stereocenters. The number of aromatic nitrogens is 1. The van der Waals surface area contributed by atoms with Gasteiger partial charge in [-0.2, -0.15) is 0 Å². The summed E-state index contributed by atoms with van der Waals surface area (Å²) in [4.78, 5) is 15.8. The Morgan fingerprint density at radius 3 is 3.06 bits per heavy atom. The van der Waals surface area contributed by atoms with Crippen molar-refractivity contribution in [3.05, 3.63) is 30.1 Å². The van der Waals surface area contributed by atoms with Crippen LogP contribution in [0.3, 0.4) is 0 Å². The molecule has 18 heavy (non-hydrogen) atoms. The fraction of sp³-hybridized carbons (Fsp3) is 0.538. The molecule has 1 saturated carbocycles. The topological polar surface area (TPSA) is 77.2 Å². The molecule has 0 bridgehead atoms. The monoisotopic (exact) mass is 247 g/mol. The van der Waals surface area contributed by atoms with Gasteiger partial charge in [0, 0.05) is 31.0 Å². The van der Waals surface area contributed by atoms with E-state index in [1.807, 2.05) is 12.1 Å². The van der Waals surface area contributed by atoms with Gasteiger partial charge in [-0.3, -0.25) is 9.78 Å². The van der Waals surface area contributed by atoms with Crippen LogP contribution in [0.15, 0.2) is 24.5 Å². The van der Waals surface area contributed by atoms with E-state index in [4.69, 9.17) is 10.5 Å². The van der Waals surface area contributed by atoms with Gasteiger partial charge >= 0.3 is 0 Å². The van der Waals surface area contributed by atoms with E-state index in [-0.39, 0.29) is 24.1 Å². The fourth-order valence-corrected chi connectivity index (χ4v) is 2.85. The number of nitrogens with two attached hydrogens (primary N) is 1. The lowest BCUT2D eigenvalue weighted by Gasteiger charge is -2.45. The van der Waals surface area contributed by atoms with Gasteiger partial charge in [0.2, 0.25) is 5.91 Å². The van der Waals surface area contributed by atoms with Crippen molar-refractivity contribution in [2.45, 2.75) is 31.0 Å². The third-order valence-electron chi connectivity index (χ3n) is 3.89. The van der Waals surface area contributed by atoms with Gasteiger partial charge < -0.3 is 15.8 Å². The molecule has 0 spiro atoms. The minimum Gasteiger partial charge on any atom is -0.376 e. The highest BCUT2D eigenvalue weighted by Gasteiger charge is 2.52. The van der Waals surface area contributed by atoms with Gasteiger partial charge in [-0.1, -0.05) is 0 Å². The van der Waals surface area contributed by atoms with Crippen LogP contribution in [0.25, 0.3) is 0 Å². The van der Waals surface area contributed by atoms with Crippen molar-refractivity contribution >= 4 is 5.91 Å². The first-order chi connectivity index (χ1) is 8.75. The van der Waals surface area contributed by atoms with Gasteiger partial charge in [-0.05, 0) is 24.1 Å². The normalized spacial score (nSPS) is 33.6. The maximum absolute atomic E-state index is 11.9. The molecular formula is C13H17N3O2. The lowest BCUT2D eigenvalue weighted by atomic mass is 9.72. The second kappa shape index (κ2) is 4.66. The number of rotatable bonds is 3. The van der Waals surface area contributed by atoms with Gasteiger partial charge in [0.1, 0.15) is 0 Å². The van der Waals surface area contributed by atoms with Gasteiger partial charge in [-0.25, -0.2) is 0 Å². The van der Waals surface area contributed by atoms with Crippen LogP contribution in [0.5, 0.6) is 0 Å². The van der Waals surface area contributed by atoms with Crippen LogP contribution in [-0.2, 0) is 16.0 Å². The number of nitrogens with one attached hydrogen (secondary N) is 1. The third-order valence-corrected chi connectivity index (χ3v) is 3.89. The van der Waals surface area contributed by atoms with E-state index in [1.165, 1.54) is 0 Å². The number of ether oxygens (including phenoxy) is 1. The first kappa shape index (κ1) is 11.6. The Morgan fingerprint density at radius 2 is 2.28 bits per heavy atom. The second-order valence-corrected chi connectivity index (χ2v) is 4.99. The molecule has 2 heterocycles. The highest BCUT2D eigenvalue weighted by Crippen LogP contribution is 2.37. The van der Waals surface area contributed by atoms with Crippen molar-refractivity contribution in [2.75, 3.05) is 6.61 Å². The number of amides is 1. The summed E-state index contributed by atoms with van der Waals surface area (Å²) in [6.45, 7) is 0.764. The number of carbonyl (C=O) groups is 1. The van der Waals surface area contributed by atoms with E-state index < -0.39 is 0 Å². The number of hydrogen-bond donors (Lipinski definition) is 2. The molecular weight excluding hydrogens is 230 g/mol. The molecule has 1 aliphatic carbocycles. The lowest BCUT2D eigenvalue weighted by Crippen LogP contribution is -2.69. The fourth-order valence-electron chi connectivity index (χ4n) is 2.85. The average Bonchev–Trinajstić information content (AvgIpc) is 2.82. The summed E-state index contributed by atoms with van der Waals surface area (Å²) in [6.07, 6.45) is 4.88. The van der Waals surface area contributed by atoms with Crippen molar-refractivity contribution in [1.29, 1.82) is 0 Å². The molecule has 5 nitrogen and oxygen atoms in total. The van der Waals surface area contributed by atoms with Crippen molar-refractivity contribution < 1.29 is 9.53 Å². The third kappa shape index (κ3) is 2.00. The highest BCUT2D eigenvalue weighted by atomic mass is 16.5. The summed E-state index contributed by atoms with van der Waals surface area (Å²) in [5.41, 5.74) is 7.00. The Hall–Kier alpha value is -1.46. The average molecular weight is 247 g/mol. The number of hydrogen-bond acceptors (Lipinski definition) is 4. The molecule has 1 amide bonds.